The molecule has 1 aliphatic rings. The normalized spacial score (nSPS) is 16.9. The van der Waals surface area contributed by atoms with Crippen LogP contribution in [0.3, 0.4) is 0 Å². The number of rotatable bonds is 4. The van der Waals surface area contributed by atoms with E-state index in [2.05, 4.69) is 15.9 Å². The molecule has 0 saturated heterocycles. The zero-order valence-corrected chi connectivity index (χ0v) is 15.2. The molecule has 0 bridgehead atoms. The number of hydrogen-bond acceptors (Lipinski definition) is 5. The molecule has 2 aromatic carbocycles. The van der Waals surface area contributed by atoms with Crippen molar-refractivity contribution in [2.75, 3.05) is 13.2 Å². The molecule has 1 heterocycles. The van der Waals surface area contributed by atoms with Crippen molar-refractivity contribution in [2.45, 2.75) is 11.0 Å². The lowest BCUT2D eigenvalue weighted by Crippen LogP contribution is -2.34. The Morgan fingerprint density at radius 3 is 2.71 bits per heavy atom. The van der Waals surface area contributed by atoms with E-state index in [1.165, 1.54) is 18.2 Å². The van der Waals surface area contributed by atoms with Crippen LogP contribution in [0.5, 0.6) is 11.5 Å². The van der Waals surface area contributed by atoms with Crippen LogP contribution >= 0.6 is 27.5 Å². The Kier molecular flexibility index (Phi) is 5.00. The summed E-state index contributed by atoms with van der Waals surface area (Å²) in [4.78, 5) is 0.0249. The van der Waals surface area contributed by atoms with Gasteiger partial charge in [-0.1, -0.05) is 27.5 Å². The van der Waals surface area contributed by atoms with Crippen molar-refractivity contribution >= 4 is 37.6 Å². The fourth-order valence-electron chi connectivity index (χ4n) is 2.07. The Morgan fingerprint density at radius 2 is 2.00 bits per heavy atom. The van der Waals surface area contributed by atoms with Gasteiger partial charge in [0.05, 0.1) is 4.90 Å². The van der Waals surface area contributed by atoms with Crippen LogP contribution in [0.25, 0.3) is 0 Å². The summed E-state index contributed by atoms with van der Waals surface area (Å²) in [6.07, 6.45) is -0.708. The van der Waals surface area contributed by atoms with Crippen molar-refractivity contribution < 1.29 is 26.5 Å². The van der Waals surface area contributed by atoms with Gasteiger partial charge >= 0.3 is 0 Å². The monoisotopic (exact) mass is 436 g/mol. The van der Waals surface area contributed by atoms with E-state index in [0.717, 1.165) is 10.5 Å². The zero-order chi connectivity index (χ0) is 17.3. The molecule has 0 saturated carbocycles. The molecule has 0 amide bonds. The first-order valence-corrected chi connectivity index (χ1v) is 9.36. The number of hydrogen-bond donors (Lipinski definition) is 0. The van der Waals surface area contributed by atoms with E-state index < -0.39 is 22.0 Å². The van der Waals surface area contributed by atoms with E-state index in [1.807, 2.05) is 0 Å². The summed E-state index contributed by atoms with van der Waals surface area (Å²) in [7, 11) is -3.93. The lowest BCUT2D eigenvalue weighted by atomic mass is 10.2. The quantitative estimate of drug-likeness (QED) is 0.681. The topological polar surface area (TPSA) is 61.8 Å². The van der Waals surface area contributed by atoms with Gasteiger partial charge in [-0.2, -0.15) is 8.42 Å². The largest absolute Gasteiger partial charge is 0.483 e. The van der Waals surface area contributed by atoms with Crippen LogP contribution in [0, 0.1) is 5.82 Å². The van der Waals surface area contributed by atoms with Crippen LogP contribution < -0.4 is 9.47 Å². The third kappa shape index (κ3) is 3.83. The molecule has 0 radical (unpaired) electrons. The van der Waals surface area contributed by atoms with Gasteiger partial charge in [0.25, 0.3) is 10.1 Å². The first kappa shape index (κ1) is 17.5. The average Bonchev–Trinajstić information content (AvgIpc) is 2.53. The van der Waals surface area contributed by atoms with Gasteiger partial charge in [-0.05, 0) is 30.3 Å². The first-order valence-electron chi connectivity index (χ1n) is 6.78. The summed E-state index contributed by atoms with van der Waals surface area (Å²) in [5, 5.41) is 0.152. The highest BCUT2D eigenvalue weighted by Gasteiger charge is 2.27. The van der Waals surface area contributed by atoms with E-state index >= 15 is 0 Å². The van der Waals surface area contributed by atoms with Gasteiger partial charge in [-0.25, -0.2) is 4.39 Å². The number of halogens is 3. The highest BCUT2D eigenvalue weighted by atomic mass is 79.9. The minimum atomic E-state index is -3.93. The van der Waals surface area contributed by atoms with E-state index in [4.69, 9.17) is 25.3 Å². The van der Waals surface area contributed by atoms with Crippen molar-refractivity contribution in [2.24, 2.45) is 0 Å². The van der Waals surface area contributed by atoms with Crippen LogP contribution in [0.4, 0.5) is 4.39 Å². The van der Waals surface area contributed by atoms with Crippen molar-refractivity contribution in [1.29, 1.82) is 0 Å². The van der Waals surface area contributed by atoms with Crippen LogP contribution in [-0.4, -0.2) is 27.7 Å². The Balaban J connectivity index is 1.68. The van der Waals surface area contributed by atoms with Crippen molar-refractivity contribution in [1.82, 2.24) is 0 Å². The number of benzene rings is 2. The van der Waals surface area contributed by atoms with Crippen LogP contribution in [-0.2, 0) is 14.3 Å². The second kappa shape index (κ2) is 6.87. The van der Waals surface area contributed by atoms with Gasteiger partial charge in [-0.15, -0.1) is 0 Å². The molecule has 1 atom stereocenters. The lowest BCUT2D eigenvalue weighted by molar-refractivity contribution is 0.0525. The Bertz CT molecular complexity index is 857. The molecule has 3 rings (SSSR count). The summed E-state index contributed by atoms with van der Waals surface area (Å²) in [6.45, 7) is -0.312. The minimum Gasteiger partial charge on any atom is -0.483 e. The van der Waals surface area contributed by atoms with E-state index in [-0.39, 0.29) is 34.6 Å². The third-order valence-corrected chi connectivity index (χ3v) is 5.24. The van der Waals surface area contributed by atoms with Gasteiger partial charge in [0, 0.05) is 15.6 Å². The first-order chi connectivity index (χ1) is 11.3. The highest BCUT2D eigenvalue weighted by molar-refractivity contribution is 9.10. The molecular weight excluding hydrogens is 427 g/mol. The second-order valence-electron chi connectivity index (χ2n) is 4.96. The summed E-state index contributed by atoms with van der Waals surface area (Å²) >= 11 is 8.99. The molecule has 0 aromatic heterocycles. The van der Waals surface area contributed by atoms with E-state index in [0.29, 0.717) is 0 Å². The van der Waals surface area contributed by atoms with Gasteiger partial charge in [0.15, 0.2) is 23.4 Å². The molecule has 0 fully saturated rings. The summed E-state index contributed by atoms with van der Waals surface area (Å²) in [6, 6.07) is 8.53. The summed E-state index contributed by atoms with van der Waals surface area (Å²) in [5.41, 5.74) is 0. The van der Waals surface area contributed by atoms with Gasteiger partial charge in [0.2, 0.25) is 0 Å². The Hall–Kier alpha value is -1.35. The van der Waals surface area contributed by atoms with Crippen molar-refractivity contribution in [3.8, 4) is 11.5 Å². The third-order valence-electron chi connectivity index (χ3n) is 3.19. The molecule has 2 aromatic rings. The average molecular weight is 438 g/mol. The SMILES string of the molecule is O=S(=O)(OCC1COc2c(F)cc(Cl)cc2O1)c1ccc(Br)cc1. The molecule has 5 nitrogen and oxygen atoms in total. The summed E-state index contributed by atoms with van der Waals surface area (Å²) in [5.74, 6) is -0.577. The van der Waals surface area contributed by atoms with Gasteiger partial charge in [-0.3, -0.25) is 4.18 Å². The molecule has 0 aliphatic carbocycles. The van der Waals surface area contributed by atoms with E-state index in [9.17, 15) is 12.8 Å². The Labute approximate surface area is 151 Å². The number of fused-ring (bicyclic) bond motifs is 1. The van der Waals surface area contributed by atoms with Crippen LogP contribution in [0.1, 0.15) is 0 Å². The van der Waals surface area contributed by atoms with Gasteiger partial charge in [0.1, 0.15) is 13.2 Å². The predicted octanol–water partition coefficient (Wildman–Crippen LogP) is 3.79. The smallest absolute Gasteiger partial charge is 0.297 e. The molecule has 9 heteroatoms. The van der Waals surface area contributed by atoms with Crippen molar-refractivity contribution in [3.05, 3.63) is 51.7 Å². The number of ether oxygens (including phenoxy) is 2. The maximum Gasteiger partial charge on any atom is 0.297 e. The highest BCUT2D eigenvalue weighted by Crippen LogP contribution is 2.37. The van der Waals surface area contributed by atoms with Crippen LogP contribution in [0.2, 0.25) is 5.02 Å². The molecular formula is C15H11BrClFO5S. The molecule has 1 unspecified atom stereocenters. The molecule has 24 heavy (non-hydrogen) atoms. The fourth-order valence-corrected chi connectivity index (χ4v) is 3.47. The Morgan fingerprint density at radius 1 is 1.29 bits per heavy atom. The molecule has 128 valence electrons. The minimum absolute atomic E-state index is 0.0249. The van der Waals surface area contributed by atoms with Crippen molar-refractivity contribution in [3.63, 3.8) is 0 Å². The second-order valence-corrected chi connectivity index (χ2v) is 7.93. The molecule has 1 aliphatic heterocycles. The summed E-state index contributed by atoms with van der Waals surface area (Å²) < 4.78 is 54.4. The maximum absolute atomic E-state index is 13.7. The standard InChI is InChI=1S/C15H11BrClFO5S/c16-9-1-3-12(4-2-9)24(19,20)22-8-11-7-21-15-13(18)5-10(17)6-14(15)23-11/h1-6,11H,7-8H2. The zero-order valence-electron chi connectivity index (χ0n) is 12.0. The molecule has 0 N–H and O–H groups in total. The maximum atomic E-state index is 13.7. The molecule has 0 spiro atoms. The van der Waals surface area contributed by atoms with Gasteiger partial charge < -0.3 is 9.47 Å². The fraction of sp³-hybridized carbons (Fsp3) is 0.200. The van der Waals surface area contributed by atoms with E-state index in [1.54, 1.807) is 12.1 Å². The predicted molar refractivity (Wildman–Crippen MR) is 88.6 cm³/mol. The lowest BCUT2D eigenvalue weighted by Gasteiger charge is -2.26. The van der Waals surface area contributed by atoms with Crippen LogP contribution in [0.15, 0.2) is 45.8 Å².